The molecule has 0 aliphatic carbocycles. The second kappa shape index (κ2) is 7.96. The molecule has 0 saturated carbocycles. The highest BCUT2D eigenvalue weighted by molar-refractivity contribution is 7.91. The summed E-state index contributed by atoms with van der Waals surface area (Å²) in [4.78, 5) is 0.290. The zero-order valence-electron chi connectivity index (χ0n) is 16.8. The molecule has 152 valence electrons. The van der Waals surface area contributed by atoms with Crippen LogP contribution in [0.15, 0.2) is 47.4 Å². The molecular formula is C23H29FO3S. The number of rotatable bonds is 5. The van der Waals surface area contributed by atoms with Gasteiger partial charge in [0.05, 0.1) is 16.8 Å². The molecule has 3 nitrogen and oxygen atoms in total. The summed E-state index contributed by atoms with van der Waals surface area (Å²) in [5.74, 6) is -0.924. The zero-order valence-corrected chi connectivity index (χ0v) is 17.6. The van der Waals surface area contributed by atoms with Gasteiger partial charge in [0.15, 0.2) is 9.84 Å². The van der Waals surface area contributed by atoms with Gasteiger partial charge in [-0.25, -0.2) is 12.8 Å². The van der Waals surface area contributed by atoms with Crippen LogP contribution in [0.3, 0.4) is 0 Å². The number of aliphatic hydroxyl groups excluding tert-OH is 1. The SMILES string of the molecule is CCCCC1(CC)CS(=O)(=O)c2ccc(C)cc2C(c2ccc(F)cc2)C1O. The van der Waals surface area contributed by atoms with Crippen molar-refractivity contribution in [3.63, 3.8) is 0 Å². The first kappa shape index (κ1) is 21.0. The summed E-state index contributed by atoms with van der Waals surface area (Å²) in [6.45, 7) is 5.93. The Morgan fingerprint density at radius 2 is 1.82 bits per heavy atom. The maximum Gasteiger partial charge on any atom is 0.179 e. The zero-order chi connectivity index (χ0) is 20.5. The number of sulfone groups is 1. The molecule has 3 atom stereocenters. The summed E-state index contributed by atoms with van der Waals surface area (Å²) < 4.78 is 40.2. The number of aliphatic hydroxyl groups is 1. The van der Waals surface area contributed by atoms with E-state index in [-0.39, 0.29) is 11.6 Å². The van der Waals surface area contributed by atoms with Crippen molar-refractivity contribution >= 4 is 9.84 Å². The van der Waals surface area contributed by atoms with Gasteiger partial charge >= 0.3 is 0 Å². The monoisotopic (exact) mass is 404 g/mol. The number of fused-ring (bicyclic) bond motifs is 1. The van der Waals surface area contributed by atoms with Crippen LogP contribution < -0.4 is 0 Å². The molecule has 28 heavy (non-hydrogen) atoms. The van der Waals surface area contributed by atoms with Crippen molar-refractivity contribution in [3.05, 3.63) is 65.0 Å². The van der Waals surface area contributed by atoms with Gasteiger partial charge in [-0.1, -0.05) is 56.5 Å². The van der Waals surface area contributed by atoms with E-state index in [1.54, 1.807) is 24.3 Å². The van der Waals surface area contributed by atoms with Gasteiger partial charge in [0.2, 0.25) is 0 Å². The standard InChI is InChI=1S/C23H29FO3S/c1-4-6-13-23(5-2)15-28(26,27)20-12-7-16(3)14-19(20)21(22(23)25)17-8-10-18(24)11-9-17/h7-12,14,21-22,25H,4-6,13,15H2,1-3H3. The van der Waals surface area contributed by atoms with E-state index in [1.165, 1.54) is 12.1 Å². The Hall–Kier alpha value is -1.72. The Balaban J connectivity index is 2.28. The Labute approximate surface area is 167 Å². The average Bonchev–Trinajstić information content (AvgIpc) is 2.72. The number of benzene rings is 2. The van der Waals surface area contributed by atoms with E-state index in [4.69, 9.17) is 0 Å². The molecule has 0 spiro atoms. The van der Waals surface area contributed by atoms with Gasteiger partial charge in [-0.3, -0.25) is 0 Å². The van der Waals surface area contributed by atoms with Gasteiger partial charge in [0, 0.05) is 11.3 Å². The lowest BCUT2D eigenvalue weighted by atomic mass is 9.69. The van der Waals surface area contributed by atoms with E-state index >= 15 is 0 Å². The van der Waals surface area contributed by atoms with Crippen LogP contribution in [0.5, 0.6) is 0 Å². The van der Waals surface area contributed by atoms with E-state index < -0.39 is 27.3 Å². The van der Waals surface area contributed by atoms with Gasteiger partial charge in [0.1, 0.15) is 5.82 Å². The van der Waals surface area contributed by atoms with Gasteiger partial charge in [-0.2, -0.15) is 0 Å². The molecule has 2 aromatic rings. The number of aryl methyl sites for hydroxylation is 1. The fourth-order valence-corrected chi connectivity index (χ4v) is 6.78. The normalized spacial score (nSPS) is 26.5. The van der Waals surface area contributed by atoms with E-state index in [9.17, 15) is 17.9 Å². The van der Waals surface area contributed by atoms with Crippen LogP contribution in [-0.2, 0) is 9.84 Å². The van der Waals surface area contributed by atoms with E-state index in [1.807, 2.05) is 19.9 Å². The van der Waals surface area contributed by atoms with Crippen molar-refractivity contribution in [2.45, 2.75) is 63.4 Å². The van der Waals surface area contributed by atoms with Crippen LogP contribution >= 0.6 is 0 Å². The second-order valence-electron chi connectivity index (χ2n) is 8.09. The van der Waals surface area contributed by atoms with Crippen molar-refractivity contribution in [3.8, 4) is 0 Å². The molecule has 3 unspecified atom stereocenters. The van der Waals surface area contributed by atoms with Crippen molar-refractivity contribution in [2.24, 2.45) is 5.41 Å². The molecule has 3 rings (SSSR count). The van der Waals surface area contributed by atoms with Gasteiger partial charge in [0.25, 0.3) is 0 Å². The number of hydrogen-bond donors (Lipinski definition) is 1. The van der Waals surface area contributed by atoms with Crippen molar-refractivity contribution < 1.29 is 17.9 Å². The third-order valence-corrected chi connectivity index (χ3v) is 8.21. The van der Waals surface area contributed by atoms with Crippen molar-refractivity contribution in [2.75, 3.05) is 5.75 Å². The molecule has 0 aromatic heterocycles. The highest BCUT2D eigenvalue weighted by Gasteiger charge is 2.48. The third kappa shape index (κ3) is 3.74. The molecule has 1 aliphatic heterocycles. The molecular weight excluding hydrogens is 375 g/mol. The Kier molecular flexibility index (Phi) is 5.97. The minimum absolute atomic E-state index is 0.0641. The van der Waals surface area contributed by atoms with Crippen LogP contribution in [0.4, 0.5) is 4.39 Å². The lowest BCUT2D eigenvalue weighted by Crippen LogP contribution is -2.42. The van der Waals surface area contributed by atoms with E-state index in [0.29, 0.717) is 23.3 Å². The summed E-state index contributed by atoms with van der Waals surface area (Å²) in [5, 5.41) is 11.6. The van der Waals surface area contributed by atoms with E-state index in [0.717, 1.165) is 24.0 Å². The average molecular weight is 405 g/mol. The summed E-state index contributed by atoms with van der Waals surface area (Å²) in [6, 6.07) is 11.4. The molecule has 0 radical (unpaired) electrons. The quantitative estimate of drug-likeness (QED) is 0.763. The van der Waals surface area contributed by atoms with Gasteiger partial charge in [-0.05, 0) is 49.1 Å². The highest BCUT2D eigenvalue weighted by Crippen LogP contribution is 2.48. The first-order chi connectivity index (χ1) is 13.2. The minimum Gasteiger partial charge on any atom is -0.392 e. The fraction of sp³-hybridized carbons (Fsp3) is 0.478. The maximum atomic E-state index is 13.5. The summed E-state index contributed by atoms with van der Waals surface area (Å²) in [7, 11) is -3.56. The van der Waals surface area contributed by atoms with Crippen LogP contribution in [0.2, 0.25) is 0 Å². The minimum atomic E-state index is -3.56. The molecule has 0 bridgehead atoms. The molecule has 0 amide bonds. The lowest BCUT2D eigenvalue weighted by Gasteiger charge is -2.39. The first-order valence-electron chi connectivity index (χ1n) is 10.0. The van der Waals surface area contributed by atoms with Crippen LogP contribution in [0.25, 0.3) is 0 Å². The smallest absolute Gasteiger partial charge is 0.179 e. The molecule has 1 N–H and O–H groups in total. The molecule has 0 saturated heterocycles. The summed E-state index contributed by atoms with van der Waals surface area (Å²) in [5.41, 5.74) is 1.56. The Morgan fingerprint density at radius 3 is 2.43 bits per heavy atom. The fourth-order valence-electron chi connectivity index (χ4n) is 4.53. The summed E-state index contributed by atoms with van der Waals surface area (Å²) in [6.07, 6.45) is 2.13. The van der Waals surface area contributed by atoms with Crippen LogP contribution in [0.1, 0.15) is 62.1 Å². The molecule has 5 heteroatoms. The second-order valence-corrected chi connectivity index (χ2v) is 10.1. The highest BCUT2D eigenvalue weighted by atomic mass is 32.2. The van der Waals surface area contributed by atoms with Gasteiger partial charge in [-0.15, -0.1) is 0 Å². The Bertz CT molecular complexity index is 937. The predicted molar refractivity (Wildman–Crippen MR) is 110 cm³/mol. The third-order valence-electron chi connectivity index (χ3n) is 6.22. The largest absolute Gasteiger partial charge is 0.392 e. The molecule has 2 aromatic carbocycles. The summed E-state index contributed by atoms with van der Waals surface area (Å²) >= 11 is 0. The lowest BCUT2D eigenvalue weighted by molar-refractivity contribution is 0.0174. The topological polar surface area (TPSA) is 54.4 Å². The Morgan fingerprint density at radius 1 is 1.14 bits per heavy atom. The van der Waals surface area contributed by atoms with Crippen molar-refractivity contribution in [1.82, 2.24) is 0 Å². The number of hydrogen-bond acceptors (Lipinski definition) is 3. The maximum absolute atomic E-state index is 13.5. The number of unbranched alkanes of at least 4 members (excludes halogenated alkanes) is 1. The molecule has 0 fully saturated rings. The van der Waals surface area contributed by atoms with Crippen molar-refractivity contribution in [1.29, 1.82) is 0 Å². The predicted octanol–water partition coefficient (Wildman–Crippen LogP) is 5.00. The first-order valence-corrected chi connectivity index (χ1v) is 11.7. The van der Waals surface area contributed by atoms with Crippen LogP contribution in [0, 0.1) is 18.2 Å². The molecule has 1 heterocycles. The van der Waals surface area contributed by atoms with E-state index in [2.05, 4.69) is 6.92 Å². The van der Waals surface area contributed by atoms with Gasteiger partial charge < -0.3 is 5.11 Å². The number of halogens is 1. The molecule has 1 aliphatic rings. The van der Waals surface area contributed by atoms with Crippen LogP contribution in [-0.4, -0.2) is 25.4 Å².